The van der Waals surface area contributed by atoms with Crippen LogP contribution in [0.25, 0.3) is 0 Å². The van der Waals surface area contributed by atoms with Crippen LogP contribution in [0.4, 0.5) is 5.69 Å². The molecule has 0 unspecified atom stereocenters. The van der Waals surface area contributed by atoms with Gasteiger partial charge in [0, 0.05) is 10.2 Å². The molecule has 2 N–H and O–H groups in total. The maximum atomic E-state index is 12.1. The zero-order valence-electron chi connectivity index (χ0n) is 10.7. The highest BCUT2D eigenvalue weighted by Crippen LogP contribution is 2.21. The zero-order chi connectivity index (χ0) is 13.1. The molecule has 1 rings (SSSR count). The number of hydrogen-bond donors (Lipinski definition) is 2. The normalized spacial score (nSPS) is 11.4. The van der Waals surface area contributed by atoms with Crippen molar-refractivity contribution in [2.75, 3.05) is 11.9 Å². The van der Waals surface area contributed by atoms with Gasteiger partial charge in [-0.2, -0.15) is 0 Å². The molecule has 0 aromatic heterocycles. The lowest BCUT2D eigenvalue weighted by Gasteiger charge is -2.24. The molecule has 0 atom stereocenters. The number of aryl methyl sites for hydroxylation is 1. The molecule has 0 heterocycles. The predicted octanol–water partition coefficient (Wildman–Crippen LogP) is 3.08. The van der Waals surface area contributed by atoms with Crippen LogP contribution in [0.2, 0.25) is 0 Å². The van der Waals surface area contributed by atoms with Gasteiger partial charge in [0.15, 0.2) is 0 Å². The summed E-state index contributed by atoms with van der Waals surface area (Å²) in [6.45, 7) is 8.47. The van der Waals surface area contributed by atoms with E-state index in [1.165, 1.54) is 0 Å². The molecule has 3 nitrogen and oxygen atoms in total. The Morgan fingerprint density at radius 3 is 2.59 bits per heavy atom. The summed E-state index contributed by atoms with van der Waals surface area (Å²) in [6.07, 6.45) is 0. The molecule has 4 heteroatoms. The second-order valence-electron chi connectivity index (χ2n) is 4.57. The number of halogens is 1. The molecule has 0 aliphatic carbocycles. The van der Waals surface area contributed by atoms with Crippen LogP contribution in [0, 0.1) is 6.92 Å². The van der Waals surface area contributed by atoms with E-state index in [1.54, 1.807) is 0 Å². The first kappa shape index (κ1) is 14.2. The lowest BCUT2D eigenvalue weighted by Crippen LogP contribution is -2.49. The van der Waals surface area contributed by atoms with E-state index in [0.717, 1.165) is 22.3 Å². The molecule has 94 valence electrons. The van der Waals surface area contributed by atoms with E-state index in [2.05, 4.69) is 26.6 Å². The summed E-state index contributed by atoms with van der Waals surface area (Å²) >= 11 is 3.40. The zero-order valence-corrected chi connectivity index (χ0v) is 12.3. The van der Waals surface area contributed by atoms with Gasteiger partial charge in [0.25, 0.3) is 0 Å². The number of carbonyl (C=O) groups is 1. The van der Waals surface area contributed by atoms with Gasteiger partial charge >= 0.3 is 0 Å². The van der Waals surface area contributed by atoms with Crippen molar-refractivity contribution in [1.82, 2.24) is 5.32 Å². The van der Waals surface area contributed by atoms with Crippen molar-refractivity contribution in [3.63, 3.8) is 0 Å². The van der Waals surface area contributed by atoms with Crippen molar-refractivity contribution in [3.8, 4) is 0 Å². The Morgan fingerprint density at radius 2 is 2.06 bits per heavy atom. The largest absolute Gasteiger partial charge is 0.324 e. The molecule has 0 saturated carbocycles. The van der Waals surface area contributed by atoms with E-state index >= 15 is 0 Å². The van der Waals surface area contributed by atoms with E-state index in [0.29, 0.717) is 0 Å². The average molecular weight is 299 g/mol. The van der Waals surface area contributed by atoms with Gasteiger partial charge in [-0.05, 0) is 51.1 Å². The van der Waals surface area contributed by atoms with Gasteiger partial charge in [-0.15, -0.1) is 0 Å². The van der Waals surface area contributed by atoms with Crippen molar-refractivity contribution in [2.45, 2.75) is 33.2 Å². The van der Waals surface area contributed by atoms with E-state index in [9.17, 15) is 4.79 Å². The van der Waals surface area contributed by atoms with Crippen LogP contribution < -0.4 is 10.6 Å². The van der Waals surface area contributed by atoms with Crippen LogP contribution in [0.15, 0.2) is 22.7 Å². The van der Waals surface area contributed by atoms with Crippen LogP contribution in [0.1, 0.15) is 26.3 Å². The smallest absolute Gasteiger partial charge is 0.244 e. The summed E-state index contributed by atoms with van der Waals surface area (Å²) in [5.41, 5.74) is 1.33. The van der Waals surface area contributed by atoms with Crippen LogP contribution in [0.5, 0.6) is 0 Å². The quantitative estimate of drug-likeness (QED) is 0.897. The highest BCUT2D eigenvalue weighted by molar-refractivity contribution is 9.10. The number of benzene rings is 1. The topological polar surface area (TPSA) is 41.1 Å². The minimum absolute atomic E-state index is 0.0234. The van der Waals surface area contributed by atoms with Crippen molar-refractivity contribution in [3.05, 3.63) is 28.2 Å². The molecular weight excluding hydrogens is 280 g/mol. The van der Waals surface area contributed by atoms with Gasteiger partial charge in [-0.1, -0.05) is 22.9 Å². The van der Waals surface area contributed by atoms with E-state index in [-0.39, 0.29) is 5.91 Å². The first-order valence-electron chi connectivity index (χ1n) is 5.69. The standard InChI is InChI=1S/C13H19BrN2O/c1-5-15-13(3,4)12(17)16-11-7-6-10(14)8-9(11)2/h6-8,15H,5H2,1-4H3,(H,16,17). The summed E-state index contributed by atoms with van der Waals surface area (Å²) < 4.78 is 1.01. The third-order valence-electron chi connectivity index (χ3n) is 2.62. The Hall–Kier alpha value is -0.870. The Balaban J connectivity index is 2.81. The maximum Gasteiger partial charge on any atom is 0.244 e. The fourth-order valence-electron chi connectivity index (χ4n) is 1.57. The van der Waals surface area contributed by atoms with Crippen LogP contribution in [0.3, 0.4) is 0 Å². The highest BCUT2D eigenvalue weighted by atomic mass is 79.9. The predicted molar refractivity (Wildman–Crippen MR) is 75.3 cm³/mol. The first-order valence-corrected chi connectivity index (χ1v) is 6.48. The molecule has 0 fully saturated rings. The third-order valence-corrected chi connectivity index (χ3v) is 3.12. The SMILES string of the molecule is CCNC(C)(C)C(=O)Nc1ccc(Br)cc1C. The van der Waals surface area contributed by atoms with Gasteiger partial charge in [-0.3, -0.25) is 4.79 Å². The molecule has 0 saturated heterocycles. The molecule has 1 amide bonds. The molecule has 1 aromatic rings. The van der Waals surface area contributed by atoms with Crippen molar-refractivity contribution < 1.29 is 4.79 Å². The van der Waals surface area contributed by atoms with Crippen molar-refractivity contribution >= 4 is 27.5 Å². The Labute approximate surface area is 111 Å². The number of amides is 1. The molecule has 1 aromatic carbocycles. The number of hydrogen-bond acceptors (Lipinski definition) is 2. The monoisotopic (exact) mass is 298 g/mol. The third kappa shape index (κ3) is 3.82. The molecular formula is C13H19BrN2O. The number of anilines is 1. The summed E-state index contributed by atoms with van der Waals surface area (Å²) in [6, 6.07) is 5.80. The molecule has 0 spiro atoms. The molecule has 0 aliphatic rings. The fraction of sp³-hybridized carbons (Fsp3) is 0.462. The highest BCUT2D eigenvalue weighted by Gasteiger charge is 2.26. The Morgan fingerprint density at radius 1 is 1.41 bits per heavy atom. The lowest BCUT2D eigenvalue weighted by molar-refractivity contribution is -0.121. The molecule has 0 aliphatic heterocycles. The van der Waals surface area contributed by atoms with Crippen molar-refractivity contribution in [2.24, 2.45) is 0 Å². The van der Waals surface area contributed by atoms with E-state index < -0.39 is 5.54 Å². The average Bonchev–Trinajstić information content (AvgIpc) is 2.22. The van der Waals surface area contributed by atoms with E-state index in [1.807, 2.05) is 45.9 Å². The Bertz CT molecular complexity index is 416. The van der Waals surface area contributed by atoms with Crippen LogP contribution in [-0.4, -0.2) is 18.0 Å². The van der Waals surface area contributed by atoms with Crippen molar-refractivity contribution in [1.29, 1.82) is 0 Å². The van der Waals surface area contributed by atoms with Gasteiger partial charge in [0.1, 0.15) is 0 Å². The molecule has 0 radical (unpaired) electrons. The number of likely N-dealkylation sites (N-methyl/N-ethyl adjacent to an activating group) is 1. The molecule has 0 bridgehead atoms. The van der Waals surface area contributed by atoms with Gasteiger partial charge in [0.2, 0.25) is 5.91 Å². The number of carbonyl (C=O) groups excluding carboxylic acids is 1. The van der Waals surface area contributed by atoms with E-state index in [4.69, 9.17) is 0 Å². The Kier molecular flexibility index (Phi) is 4.71. The maximum absolute atomic E-state index is 12.1. The minimum atomic E-state index is -0.561. The summed E-state index contributed by atoms with van der Waals surface area (Å²) in [4.78, 5) is 12.1. The number of rotatable bonds is 4. The van der Waals surface area contributed by atoms with Gasteiger partial charge in [-0.25, -0.2) is 0 Å². The first-order chi connectivity index (χ1) is 7.86. The second-order valence-corrected chi connectivity index (χ2v) is 5.48. The number of nitrogens with one attached hydrogen (secondary N) is 2. The fourth-order valence-corrected chi connectivity index (χ4v) is 2.04. The van der Waals surface area contributed by atoms with Crippen LogP contribution in [-0.2, 0) is 4.79 Å². The minimum Gasteiger partial charge on any atom is -0.324 e. The van der Waals surface area contributed by atoms with Crippen LogP contribution >= 0.6 is 15.9 Å². The summed E-state index contributed by atoms with van der Waals surface area (Å²) in [5, 5.41) is 6.09. The second kappa shape index (κ2) is 5.65. The van der Waals surface area contributed by atoms with Gasteiger partial charge < -0.3 is 10.6 Å². The molecule has 17 heavy (non-hydrogen) atoms. The van der Waals surface area contributed by atoms with Gasteiger partial charge in [0.05, 0.1) is 5.54 Å². The summed E-state index contributed by atoms with van der Waals surface area (Å²) in [5.74, 6) is -0.0234. The summed E-state index contributed by atoms with van der Waals surface area (Å²) in [7, 11) is 0. The lowest BCUT2D eigenvalue weighted by atomic mass is 10.0.